The van der Waals surface area contributed by atoms with Crippen LogP contribution in [0.4, 0.5) is 18.9 Å². The summed E-state index contributed by atoms with van der Waals surface area (Å²) in [6.45, 7) is 1.27. The summed E-state index contributed by atoms with van der Waals surface area (Å²) in [7, 11) is 0. The second kappa shape index (κ2) is 6.28. The van der Waals surface area contributed by atoms with E-state index in [1.807, 2.05) is 0 Å². The normalized spacial score (nSPS) is 20.3. The van der Waals surface area contributed by atoms with Crippen LogP contribution in [0.15, 0.2) is 24.3 Å². The molecule has 2 rings (SSSR count). The van der Waals surface area contributed by atoms with Crippen molar-refractivity contribution in [3.8, 4) is 0 Å². The van der Waals surface area contributed by atoms with Crippen molar-refractivity contribution in [2.24, 2.45) is 0 Å². The quantitative estimate of drug-likeness (QED) is 0.892. The van der Waals surface area contributed by atoms with Crippen molar-refractivity contribution in [1.29, 1.82) is 0 Å². The van der Waals surface area contributed by atoms with Crippen LogP contribution >= 0.6 is 0 Å². The Labute approximate surface area is 111 Å². The predicted molar refractivity (Wildman–Crippen MR) is 68.1 cm³/mol. The van der Waals surface area contributed by atoms with E-state index in [4.69, 9.17) is 4.74 Å². The topological polar surface area (TPSA) is 21.3 Å². The number of para-hydroxylation sites is 1. The Bertz CT molecular complexity index is 400. The molecule has 0 spiro atoms. The molecule has 1 aromatic carbocycles. The van der Waals surface area contributed by atoms with Crippen molar-refractivity contribution in [1.82, 2.24) is 0 Å². The number of nitrogens with one attached hydrogen (secondary N) is 1. The summed E-state index contributed by atoms with van der Waals surface area (Å²) >= 11 is 0. The lowest BCUT2D eigenvalue weighted by atomic mass is 10.1. The van der Waals surface area contributed by atoms with Gasteiger partial charge in [-0.25, -0.2) is 0 Å². The van der Waals surface area contributed by atoms with Crippen molar-refractivity contribution >= 4 is 5.69 Å². The van der Waals surface area contributed by atoms with Crippen molar-refractivity contribution < 1.29 is 17.9 Å². The fourth-order valence-corrected chi connectivity index (χ4v) is 2.29. The van der Waals surface area contributed by atoms with E-state index < -0.39 is 11.7 Å². The fourth-order valence-electron chi connectivity index (χ4n) is 2.29. The molecular formula is C14H18F3NO. The monoisotopic (exact) mass is 273 g/mol. The van der Waals surface area contributed by atoms with Crippen LogP contribution in [-0.2, 0) is 10.9 Å². The van der Waals surface area contributed by atoms with Gasteiger partial charge < -0.3 is 10.1 Å². The molecule has 1 aromatic rings. The molecule has 1 aliphatic rings. The van der Waals surface area contributed by atoms with E-state index in [2.05, 4.69) is 5.32 Å². The molecular weight excluding hydrogens is 255 g/mol. The largest absolute Gasteiger partial charge is 0.418 e. The molecule has 1 saturated heterocycles. The third kappa shape index (κ3) is 4.13. The van der Waals surface area contributed by atoms with Crippen LogP contribution in [0.1, 0.15) is 31.2 Å². The molecule has 1 aliphatic heterocycles. The first-order chi connectivity index (χ1) is 9.07. The molecule has 1 atom stereocenters. The van der Waals surface area contributed by atoms with E-state index in [0.717, 1.165) is 38.4 Å². The van der Waals surface area contributed by atoms with E-state index in [1.165, 1.54) is 12.1 Å². The number of rotatable bonds is 4. The highest BCUT2D eigenvalue weighted by molar-refractivity contribution is 5.52. The summed E-state index contributed by atoms with van der Waals surface area (Å²) in [6, 6.07) is 5.57. The third-order valence-electron chi connectivity index (χ3n) is 3.29. The smallest absolute Gasteiger partial charge is 0.384 e. The Balaban J connectivity index is 1.88. The first kappa shape index (κ1) is 14.2. The van der Waals surface area contributed by atoms with E-state index in [1.54, 1.807) is 6.07 Å². The lowest BCUT2D eigenvalue weighted by molar-refractivity contribution is -0.136. The maximum absolute atomic E-state index is 12.8. The van der Waals surface area contributed by atoms with Crippen molar-refractivity contribution in [3.63, 3.8) is 0 Å². The SMILES string of the molecule is FC(F)(F)c1ccccc1NCCC1CCCCO1. The highest BCUT2D eigenvalue weighted by Gasteiger charge is 2.33. The van der Waals surface area contributed by atoms with Gasteiger partial charge in [-0.2, -0.15) is 13.2 Å². The van der Waals surface area contributed by atoms with E-state index in [-0.39, 0.29) is 11.8 Å². The fraction of sp³-hybridized carbons (Fsp3) is 0.571. The van der Waals surface area contributed by atoms with E-state index in [0.29, 0.717) is 6.54 Å². The minimum Gasteiger partial charge on any atom is -0.384 e. The molecule has 0 aliphatic carbocycles. The van der Waals surface area contributed by atoms with Crippen LogP contribution in [-0.4, -0.2) is 19.3 Å². The zero-order valence-corrected chi connectivity index (χ0v) is 10.7. The van der Waals surface area contributed by atoms with Gasteiger partial charge in [-0.3, -0.25) is 0 Å². The number of benzene rings is 1. The zero-order chi connectivity index (χ0) is 13.7. The average molecular weight is 273 g/mol. The summed E-state index contributed by atoms with van der Waals surface area (Å²) < 4.78 is 43.8. The molecule has 0 aromatic heterocycles. The lowest BCUT2D eigenvalue weighted by Gasteiger charge is -2.23. The maximum atomic E-state index is 12.8. The number of anilines is 1. The van der Waals surface area contributed by atoms with Gasteiger partial charge in [0.1, 0.15) is 0 Å². The summed E-state index contributed by atoms with van der Waals surface area (Å²) in [5.41, 5.74) is -0.467. The molecule has 0 bridgehead atoms. The van der Waals surface area contributed by atoms with Crippen LogP contribution in [0, 0.1) is 0 Å². The first-order valence-corrected chi connectivity index (χ1v) is 6.59. The lowest BCUT2D eigenvalue weighted by Crippen LogP contribution is -2.22. The van der Waals surface area contributed by atoms with Crippen molar-refractivity contribution in [2.45, 2.75) is 38.0 Å². The first-order valence-electron chi connectivity index (χ1n) is 6.59. The molecule has 5 heteroatoms. The average Bonchev–Trinajstić information content (AvgIpc) is 2.39. The highest BCUT2D eigenvalue weighted by Crippen LogP contribution is 2.34. The molecule has 1 heterocycles. The van der Waals surface area contributed by atoms with Gasteiger partial charge in [0.15, 0.2) is 0 Å². The van der Waals surface area contributed by atoms with Crippen LogP contribution in [0.3, 0.4) is 0 Å². The van der Waals surface area contributed by atoms with Gasteiger partial charge in [-0.1, -0.05) is 12.1 Å². The number of ether oxygens (including phenoxy) is 1. The molecule has 1 unspecified atom stereocenters. The van der Waals surface area contributed by atoms with Crippen molar-refractivity contribution in [3.05, 3.63) is 29.8 Å². The van der Waals surface area contributed by atoms with Crippen LogP contribution in [0.5, 0.6) is 0 Å². The zero-order valence-electron chi connectivity index (χ0n) is 10.7. The van der Waals surface area contributed by atoms with Gasteiger partial charge in [0.2, 0.25) is 0 Å². The van der Waals surface area contributed by atoms with Gasteiger partial charge in [0.05, 0.1) is 11.7 Å². The van der Waals surface area contributed by atoms with Gasteiger partial charge in [-0.15, -0.1) is 0 Å². The number of hydrogen-bond donors (Lipinski definition) is 1. The summed E-state index contributed by atoms with van der Waals surface area (Å²) in [5.74, 6) is 0. The second-order valence-corrected chi connectivity index (χ2v) is 4.75. The Morgan fingerprint density at radius 1 is 1.21 bits per heavy atom. The summed E-state index contributed by atoms with van der Waals surface area (Å²) in [5, 5.41) is 2.87. The van der Waals surface area contributed by atoms with Gasteiger partial charge in [0.25, 0.3) is 0 Å². The number of alkyl halides is 3. The molecule has 1 fully saturated rings. The van der Waals surface area contributed by atoms with Crippen LogP contribution in [0.2, 0.25) is 0 Å². The summed E-state index contributed by atoms with van der Waals surface area (Å²) in [4.78, 5) is 0. The van der Waals surface area contributed by atoms with Crippen LogP contribution in [0.25, 0.3) is 0 Å². The summed E-state index contributed by atoms with van der Waals surface area (Å²) in [6.07, 6.45) is -0.163. The maximum Gasteiger partial charge on any atom is 0.418 e. The van der Waals surface area contributed by atoms with Gasteiger partial charge >= 0.3 is 6.18 Å². The Morgan fingerprint density at radius 3 is 2.68 bits per heavy atom. The predicted octanol–water partition coefficient (Wildman–Crippen LogP) is 4.08. The Hall–Kier alpha value is -1.23. The van der Waals surface area contributed by atoms with Crippen LogP contribution < -0.4 is 5.32 Å². The number of hydrogen-bond acceptors (Lipinski definition) is 2. The standard InChI is InChI=1S/C14H18F3NO/c15-14(16,17)12-6-1-2-7-13(12)18-9-8-11-5-3-4-10-19-11/h1-2,6-7,11,18H,3-5,8-10H2. The molecule has 0 amide bonds. The molecule has 19 heavy (non-hydrogen) atoms. The minimum atomic E-state index is -4.31. The molecule has 2 nitrogen and oxygen atoms in total. The highest BCUT2D eigenvalue weighted by atomic mass is 19.4. The van der Waals surface area contributed by atoms with E-state index >= 15 is 0 Å². The Kier molecular flexibility index (Phi) is 4.69. The minimum absolute atomic E-state index is 0.144. The van der Waals surface area contributed by atoms with Gasteiger partial charge in [-0.05, 0) is 37.8 Å². The molecule has 1 N–H and O–H groups in total. The second-order valence-electron chi connectivity index (χ2n) is 4.75. The molecule has 0 radical (unpaired) electrons. The molecule has 106 valence electrons. The van der Waals surface area contributed by atoms with Gasteiger partial charge in [0, 0.05) is 18.8 Å². The molecule has 0 saturated carbocycles. The Morgan fingerprint density at radius 2 is 2.00 bits per heavy atom. The number of halogens is 3. The van der Waals surface area contributed by atoms with Crippen molar-refractivity contribution in [2.75, 3.05) is 18.5 Å². The third-order valence-corrected chi connectivity index (χ3v) is 3.29. The van der Waals surface area contributed by atoms with E-state index in [9.17, 15) is 13.2 Å².